The molecule has 2 aromatic heterocycles. The van der Waals surface area contributed by atoms with Gasteiger partial charge in [-0.3, -0.25) is 0 Å². The van der Waals surface area contributed by atoms with Gasteiger partial charge < -0.3 is 10.2 Å². The number of nitrogens with one attached hydrogen (secondary N) is 1. The van der Waals surface area contributed by atoms with Gasteiger partial charge in [0, 0.05) is 37.1 Å². The molecule has 1 N–H and O–H groups in total. The number of hydrogen-bond acceptors (Lipinski definition) is 6. The number of piperidine rings is 1. The van der Waals surface area contributed by atoms with Gasteiger partial charge in [0.25, 0.3) is 0 Å². The van der Waals surface area contributed by atoms with E-state index in [2.05, 4.69) is 36.2 Å². The normalized spacial score (nSPS) is 15.9. The zero-order chi connectivity index (χ0) is 15.5. The smallest absolute Gasteiger partial charge is 0.132 e. The van der Waals surface area contributed by atoms with Gasteiger partial charge in [-0.25, -0.2) is 19.9 Å². The van der Waals surface area contributed by atoms with Gasteiger partial charge in [0.1, 0.15) is 23.3 Å². The second-order valence-electron chi connectivity index (χ2n) is 5.81. The standard InChI is InChI=1S/C16H22N6/c1-11-10-16(20-13(3)18-11)22-8-5-14(6-9-22)21-15-4-7-17-12(2)19-15/h4,7,10,14H,5-6,8-9H2,1-3H3,(H,17,19,21). The second-order valence-corrected chi connectivity index (χ2v) is 5.81. The van der Waals surface area contributed by atoms with Crippen LogP contribution in [0.4, 0.5) is 11.6 Å². The van der Waals surface area contributed by atoms with Crippen molar-refractivity contribution in [1.82, 2.24) is 19.9 Å². The number of rotatable bonds is 3. The third-order valence-corrected chi connectivity index (χ3v) is 3.90. The van der Waals surface area contributed by atoms with Crippen LogP contribution in [0.15, 0.2) is 18.3 Å². The number of aryl methyl sites for hydroxylation is 3. The van der Waals surface area contributed by atoms with Crippen molar-refractivity contribution in [3.63, 3.8) is 0 Å². The molecule has 0 aromatic carbocycles. The first kappa shape index (κ1) is 14.7. The summed E-state index contributed by atoms with van der Waals surface area (Å²) in [7, 11) is 0. The van der Waals surface area contributed by atoms with Crippen LogP contribution >= 0.6 is 0 Å². The quantitative estimate of drug-likeness (QED) is 0.937. The van der Waals surface area contributed by atoms with E-state index in [9.17, 15) is 0 Å². The van der Waals surface area contributed by atoms with Gasteiger partial charge in [-0.2, -0.15) is 0 Å². The first-order chi connectivity index (χ1) is 10.6. The van der Waals surface area contributed by atoms with Crippen molar-refractivity contribution in [2.24, 2.45) is 0 Å². The summed E-state index contributed by atoms with van der Waals surface area (Å²) >= 11 is 0. The number of aromatic nitrogens is 4. The van der Waals surface area contributed by atoms with Crippen LogP contribution in [0.3, 0.4) is 0 Å². The van der Waals surface area contributed by atoms with Crippen LogP contribution in [0.5, 0.6) is 0 Å². The van der Waals surface area contributed by atoms with Crippen LogP contribution in [-0.2, 0) is 0 Å². The van der Waals surface area contributed by atoms with E-state index in [0.717, 1.165) is 54.9 Å². The molecule has 1 aliphatic rings. The summed E-state index contributed by atoms with van der Waals surface area (Å²) in [6.45, 7) is 7.87. The minimum atomic E-state index is 0.453. The Hall–Kier alpha value is -2.24. The molecule has 0 bridgehead atoms. The van der Waals surface area contributed by atoms with Crippen molar-refractivity contribution in [2.75, 3.05) is 23.3 Å². The predicted octanol–water partition coefficient (Wildman–Crippen LogP) is 2.27. The van der Waals surface area contributed by atoms with Crippen LogP contribution in [-0.4, -0.2) is 39.1 Å². The molecule has 22 heavy (non-hydrogen) atoms. The molecule has 116 valence electrons. The van der Waals surface area contributed by atoms with Gasteiger partial charge in [0.05, 0.1) is 0 Å². The first-order valence-electron chi connectivity index (χ1n) is 7.73. The number of nitrogens with zero attached hydrogens (tertiary/aromatic N) is 5. The van der Waals surface area contributed by atoms with E-state index in [1.54, 1.807) is 6.20 Å². The van der Waals surface area contributed by atoms with Gasteiger partial charge in [-0.05, 0) is 39.7 Å². The van der Waals surface area contributed by atoms with Crippen molar-refractivity contribution >= 4 is 11.6 Å². The molecular weight excluding hydrogens is 276 g/mol. The monoisotopic (exact) mass is 298 g/mol. The third-order valence-electron chi connectivity index (χ3n) is 3.90. The van der Waals surface area contributed by atoms with Gasteiger partial charge in [-0.1, -0.05) is 0 Å². The lowest BCUT2D eigenvalue weighted by atomic mass is 10.1. The summed E-state index contributed by atoms with van der Waals surface area (Å²) in [6, 6.07) is 4.44. The van der Waals surface area contributed by atoms with E-state index in [-0.39, 0.29) is 0 Å². The molecule has 0 saturated carbocycles. The average molecular weight is 298 g/mol. The van der Waals surface area contributed by atoms with Crippen molar-refractivity contribution in [3.05, 3.63) is 35.7 Å². The Balaban J connectivity index is 1.60. The van der Waals surface area contributed by atoms with Gasteiger partial charge in [0.2, 0.25) is 0 Å². The Morgan fingerprint density at radius 3 is 2.50 bits per heavy atom. The summed E-state index contributed by atoms with van der Waals surface area (Å²) in [4.78, 5) is 19.8. The van der Waals surface area contributed by atoms with Crippen LogP contribution < -0.4 is 10.2 Å². The van der Waals surface area contributed by atoms with Crippen LogP contribution in [0.25, 0.3) is 0 Å². The number of anilines is 2. The minimum absolute atomic E-state index is 0.453. The molecule has 0 spiro atoms. The molecule has 6 nitrogen and oxygen atoms in total. The molecule has 0 unspecified atom stereocenters. The molecule has 0 atom stereocenters. The highest BCUT2D eigenvalue weighted by Gasteiger charge is 2.20. The Morgan fingerprint density at radius 2 is 1.82 bits per heavy atom. The maximum Gasteiger partial charge on any atom is 0.132 e. The predicted molar refractivity (Wildman–Crippen MR) is 87.1 cm³/mol. The lowest BCUT2D eigenvalue weighted by Gasteiger charge is -2.33. The Bertz CT molecular complexity index is 629. The Kier molecular flexibility index (Phi) is 4.18. The highest BCUT2D eigenvalue weighted by molar-refractivity contribution is 5.41. The molecule has 3 heterocycles. The lowest BCUT2D eigenvalue weighted by molar-refractivity contribution is 0.521. The SMILES string of the molecule is Cc1cc(N2CCC(Nc3ccnc(C)n3)CC2)nc(C)n1. The van der Waals surface area contributed by atoms with Crippen LogP contribution in [0.1, 0.15) is 30.2 Å². The highest BCUT2D eigenvalue weighted by atomic mass is 15.2. The van der Waals surface area contributed by atoms with E-state index >= 15 is 0 Å². The lowest BCUT2D eigenvalue weighted by Crippen LogP contribution is -2.39. The maximum absolute atomic E-state index is 4.55. The summed E-state index contributed by atoms with van der Waals surface area (Å²) in [5.41, 5.74) is 1.03. The van der Waals surface area contributed by atoms with Gasteiger partial charge in [-0.15, -0.1) is 0 Å². The Labute approximate surface area is 131 Å². The van der Waals surface area contributed by atoms with Crippen molar-refractivity contribution < 1.29 is 0 Å². The second kappa shape index (κ2) is 6.25. The fourth-order valence-electron chi connectivity index (χ4n) is 2.86. The molecule has 6 heteroatoms. The van der Waals surface area contributed by atoms with Crippen molar-refractivity contribution in [3.8, 4) is 0 Å². The molecule has 0 radical (unpaired) electrons. The van der Waals surface area contributed by atoms with E-state index in [0.29, 0.717) is 6.04 Å². The van der Waals surface area contributed by atoms with E-state index < -0.39 is 0 Å². The molecule has 3 rings (SSSR count). The molecule has 0 amide bonds. The fourth-order valence-corrected chi connectivity index (χ4v) is 2.86. The first-order valence-corrected chi connectivity index (χ1v) is 7.73. The van der Waals surface area contributed by atoms with E-state index in [1.807, 2.05) is 26.8 Å². The van der Waals surface area contributed by atoms with Gasteiger partial charge >= 0.3 is 0 Å². The third kappa shape index (κ3) is 3.50. The zero-order valence-electron chi connectivity index (χ0n) is 13.4. The fraction of sp³-hybridized carbons (Fsp3) is 0.500. The zero-order valence-corrected chi connectivity index (χ0v) is 13.4. The van der Waals surface area contributed by atoms with Crippen LogP contribution in [0.2, 0.25) is 0 Å². The summed E-state index contributed by atoms with van der Waals surface area (Å²) in [6.07, 6.45) is 3.95. The molecule has 0 aliphatic carbocycles. The molecule has 1 aliphatic heterocycles. The average Bonchev–Trinajstić information content (AvgIpc) is 2.47. The van der Waals surface area contributed by atoms with Gasteiger partial charge in [0.15, 0.2) is 0 Å². The largest absolute Gasteiger partial charge is 0.367 e. The van der Waals surface area contributed by atoms with E-state index in [4.69, 9.17) is 0 Å². The Morgan fingerprint density at radius 1 is 1.05 bits per heavy atom. The molecular formula is C16H22N6. The number of hydrogen-bond donors (Lipinski definition) is 1. The minimum Gasteiger partial charge on any atom is -0.367 e. The molecule has 2 aromatic rings. The summed E-state index contributed by atoms with van der Waals surface area (Å²) in [5, 5.41) is 3.51. The van der Waals surface area contributed by atoms with Crippen molar-refractivity contribution in [1.29, 1.82) is 0 Å². The highest BCUT2D eigenvalue weighted by Crippen LogP contribution is 2.20. The summed E-state index contributed by atoms with van der Waals surface area (Å²) < 4.78 is 0. The topological polar surface area (TPSA) is 66.8 Å². The van der Waals surface area contributed by atoms with E-state index in [1.165, 1.54) is 0 Å². The van der Waals surface area contributed by atoms with Crippen LogP contribution in [0, 0.1) is 20.8 Å². The molecule has 1 fully saturated rings. The maximum atomic E-state index is 4.55. The van der Waals surface area contributed by atoms with Crippen molar-refractivity contribution in [2.45, 2.75) is 39.7 Å². The summed E-state index contributed by atoms with van der Waals surface area (Å²) in [5.74, 6) is 3.60. The molecule has 1 saturated heterocycles.